The Bertz CT molecular complexity index is 1360. The van der Waals surface area contributed by atoms with Crippen LogP contribution in [0.1, 0.15) is 33.1 Å². The average molecular weight is 454 g/mol. The van der Waals surface area contributed by atoms with E-state index in [2.05, 4.69) is 10.3 Å². The number of carboxylic acid groups (broad SMARTS) is 1. The van der Waals surface area contributed by atoms with Crippen molar-refractivity contribution in [3.8, 4) is 11.1 Å². The quantitative estimate of drug-likeness (QED) is 0.356. The molecule has 170 valence electrons. The van der Waals surface area contributed by atoms with Crippen LogP contribution >= 0.6 is 0 Å². The zero-order valence-electron chi connectivity index (χ0n) is 18.2. The number of aliphatic carboxylic acids is 1. The molecule has 0 bridgehead atoms. The number of carbonyl (C=O) groups excluding carboxylic acids is 2. The Kier molecular flexibility index (Phi) is 5.59. The maximum atomic E-state index is 12.6. The Morgan fingerprint density at radius 3 is 2.24 bits per heavy atom. The molecule has 0 aliphatic heterocycles. The van der Waals surface area contributed by atoms with Crippen LogP contribution < -0.4 is 5.32 Å². The summed E-state index contributed by atoms with van der Waals surface area (Å²) in [4.78, 5) is 39.0. The number of aromatic nitrogens is 1. The van der Waals surface area contributed by atoms with Crippen molar-refractivity contribution in [3.63, 3.8) is 0 Å². The van der Waals surface area contributed by atoms with Gasteiger partial charge in [0.2, 0.25) is 0 Å². The number of para-hydroxylation sites is 1. The summed E-state index contributed by atoms with van der Waals surface area (Å²) in [6.07, 6.45) is -0.221. The molecule has 0 unspecified atom stereocenters. The zero-order valence-corrected chi connectivity index (χ0v) is 18.2. The van der Waals surface area contributed by atoms with Crippen LogP contribution in [0.15, 0.2) is 72.8 Å². The number of ether oxygens (including phenoxy) is 1. The summed E-state index contributed by atoms with van der Waals surface area (Å²) in [5, 5.41) is 12.9. The number of aldehydes is 1. The predicted molar refractivity (Wildman–Crippen MR) is 127 cm³/mol. The van der Waals surface area contributed by atoms with E-state index < -0.39 is 18.1 Å². The number of aromatic amines is 1. The summed E-state index contributed by atoms with van der Waals surface area (Å²) >= 11 is 0. The van der Waals surface area contributed by atoms with Crippen LogP contribution in [-0.2, 0) is 16.0 Å². The summed E-state index contributed by atoms with van der Waals surface area (Å²) in [5.74, 6) is -1.34. The normalized spacial score (nSPS) is 13.2. The largest absolute Gasteiger partial charge is 0.480 e. The van der Waals surface area contributed by atoms with Gasteiger partial charge in [0.15, 0.2) is 6.29 Å². The number of hydrogen-bond acceptors (Lipinski definition) is 4. The average Bonchev–Trinajstić information content (AvgIpc) is 3.37. The lowest BCUT2D eigenvalue weighted by molar-refractivity contribution is -0.139. The molecular weight excluding hydrogens is 432 g/mol. The molecule has 3 N–H and O–H groups in total. The van der Waals surface area contributed by atoms with Gasteiger partial charge in [0, 0.05) is 23.2 Å². The lowest BCUT2D eigenvalue weighted by Crippen LogP contribution is -2.43. The minimum absolute atomic E-state index is 0.0579. The molecule has 0 saturated carbocycles. The van der Waals surface area contributed by atoms with Crippen LogP contribution in [0.2, 0.25) is 0 Å². The van der Waals surface area contributed by atoms with Crippen LogP contribution in [0.5, 0.6) is 0 Å². The molecule has 1 atom stereocenters. The van der Waals surface area contributed by atoms with E-state index in [1.807, 2.05) is 60.7 Å². The number of fused-ring (bicyclic) bond motifs is 4. The molecule has 3 aromatic carbocycles. The molecule has 34 heavy (non-hydrogen) atoms. The van der Waals surface area contributed by atoms with Crippen molar-refractivity contribution in [1.82, 2.24) is 10.3 Å². The number of nitrogens with one attached hydrogen (secondary N) is 2. The summed E-state index contributed by atoms with van der Waals surface area (Å²) in [5.41, 5.74) is 5.91. The SMILES string of the molecule is O=Cc1[nH]c2ccccc2c1C[C@H](NC(=O)OCC1c2ccccc2-c2ccccc21)C(=O)O. The topological polar surface area (TPSA) is 108 Å². The van der Waals surface area contributed by atoms with Gasteiger partial charge < -0.3 is 20.1 Å². The van der Waals surface area contributed by atoms with Gasteiger partial charge in [-0.05, 0) is 33.9 Å². The first kappa shape index (κ1) is 21.5. The molecule has 0 saturated heterocycles. The van der Waals surface area contributed by atoms with Gasteiger partial charge in [-0.2, -0.15) is 0 Å². The summed E-state index contributed by atoms with van der Waals surface area (Å²) in [6.45, 7) is 0.0822. The Morgan fingerprint density at radius 2 is 1.59 bits per heavy atom. The lowest BCUT2D eigenvalue weighted by Gasteiger charge is -2.17. The van der Waals surface area contributed by atoms with E-state index in [0.717, 1.165) is 33.2 Å². The first-order valence-electron chi connectivity index (χ1n) is 11.0. The first-order valence-corrected chi connectivity index (χ1v) is 11.0. The number of rotatable bonds is 7. The molecule has 4 aromatic rings. The second-order valence-corrected chi connectivity index (χ2v) is 8.25. The first-order chi connectivity index (χ1) is 16.6. The van der Waals surface area contributed by atoms with Crippen LogP contribution in [0.3, 0.4) is 0 Å². The Hall–Kier alpha value is -4.39. The van der Waals surface area contributed by atoms with Crippen molar-refractivity contribution < 1.29 is 24.2 Å². The molecular formula is C27H22N2O5. The maximum absolute atomic E-state index is 12.6. The van der Waals surface area contributed by atoms with E-state index in [-0.39, 0.29) is 18.9 Å². The highest BCUT2D eigenvalue weighted by atomic mass is 16.5. The van der Waals surface area contributed by atoms with Crippen molar-refractivity contribution in [2.75, 3.05) is 6.61 Å². The molecule has 1 heterocycles. The Labute approximate surface area is 195 Å². The fraction of sp³-hybridized carbons (Fsp3) is 0.148. The van der Waals surface area contributed by atoms with E-state index in [4.69, 9.17) is 4.74 Å². The fourth-order valence-corrected chi connectivity index (χ4v) is 4.73. The smallest absolute Gasteiger partial charge is 0.407 e. The molecule has 0 fully saturated rings. The van der Waals surface area contributed by atoms with Crippen molar-refractivity contribution in [3.05, 3.63) is 95.2 Å². The molecule has 0 spiro atoms. The van der Waals surface area contributed by atoms with E-state index in [9.17, 15) is 19.5 Å². The summed E-state index contributed by atoms with van der Waals surface area (Å²) < 4.78 is 5.49. The second-order valence-electron chi connectivity index (χ2n) is 8.25. The number of H-pyrrole nitrogens is 1. The van der Waals surface area contributed by atoms with Gasteiger partial charge in [0.25, 0.3) is 0 Å². The van der Waals surface area contributed by atoms with Crippen molar-refractivity contribution in [1.29, 1.82) is 0 Å². The number of benzene rings is 3. The predicted octanol–water partition coefficient (Wildman–Crippen LogP) is 4.51. The van der Waals surface area contributed by atoms with Gasteiger partial charge in [-0.15, -0.1) is 0 Å². The van der Waals surface area contributed by atoms with Crippen LogP contribution in [-0.4, -0.2) is 41.1 Å². The van der Waals surface area contributed by atoms with Gasteiger partial charge in [0.05, 0.1) is 5.69 Å². The van der Waals surface area contributed by atoms with Gasteiger partial charge in [-0.3, -0.25) is 4.79 Å². The second kappa shape index (κ2) is 8.86. The minimum atomic E-state index is -1.26. The third-order valence-electron chi connectivity index (χ3n) is 6.31. The number of amides is 1. The molecule has 1 aromatic heterocycles. The fourth-order valence-electron chi connectivity index (χ4n) is 4.73. The highest BCUT2D eigenvalue weighted by molar-refractivity contribution is 5.93. The zero-order chi connectivity index (χ0) is 23.7. The van der Waals surface area contributed by atoms with Crippen molar-refractivity contribution >= 4 is 29.3 Å². The molecule has 7 nitrogen and oxygen atoms in total. The Balaban J connectivity index is 1.31. The third-order valence-corrected chi connectivity index (χ3v) is 6.31. The Morgan fingerprint density at radius 1 is 0.971 bits per heavy atom. The molecule has 5 rings (SSSR count). The third kappa shape index (κ3) is 3.81. The van der Waals surface area contributed by atoms with Gasteiger partial charge in [-0.25, -0.2) is 9.59 Å². The van der Waals surface area contributed by atoms with E-state index in [0.29, 0.717) is 17.5 Å². The molecule has 1 aliphatic carbocycles. The van der Waals surface area contributed by atoms with Gasteiger partial charge >= 0.3 is 12.1 Å². The maximum Gasteiger partial charge on any atom is 0.407 e. The van der Waals surface area contributed by atoms with Crippen LogP contribution in [0.4, 0.5) is 4.79 Å². The van der Waals surface area contributed by atoms with Crippen molar-refractivity contribution in [2.24, 2.45) is 0 Å². The van der Waals surface area contributed by atoms with Gasteiger partial charge in [-0.1, -0.05) is 66.7 Å². The van der Waals surface area contributed by atoms with Crippen LogP contribution in [0.25, 0.3) is 22.0 Å². The standard InChI is InChI=1S/C27H22N2O5/c30-14-25-21(20-11-5-6-12-23(20)28-25)13-24(26(31)32)29-27(33)34-15-22-18-9-3-1-7-16(18)17-8-2-4-10-19(17)22/h1-12,14,22,24,28H,13,15H2,(H,29,33)(H,31,32)/t24-/m0/s1. The van der Waals surface area contributed by atoms with Gasteiger partial charge in [0.1, 0.15) is 12.6 Å². The highest BCUT2D eigenvalue weighted by Gasteiger charge is 2.30. The minimum Gasteiger partial charge on any atom is -0.480 e. The number of carboxylic acids is 1. The van der Waals surface area contributed by atoms with Crippen molar-refractivity contribution in [2.45, 2.75) is 18.4 Å². The summed E-state index contributed by atoms with van der Waals surface area (Å²) in [7, 11) is 0. The molecule has 1 amide bonds. The van der Waals surface area contributed by atoms with E-state index >= 15 is 0 Å². The molecule has 7 heteroatoms. The highest BCUT2D eigenvalue weighted by Crippen LogP contribution is 2.44. The lowest BCUT2D eigenvalue weighted by atomic mass is 9.98. The number of alkyl carbamates (subject to hydrolysis) is 1. The monoisotopic (exact) mass is 454 g/mol. The number of carbonyl (C=O) groups is 3. The number of hydrogen-bond donors (Lipinski definition) is 3. The van der Waals surface area contributed by atoms with Crippen LogP contribution in [0, 0.1) is 0 Å². The van der Waals surface area contributed by atoms with E-state index in [1.165, 1.54) is 0 Å². The van der Waals surface area contributed by atoms with E-state index in [1.54, 1.807) is 12.1 Å². The summed E-state index contributed by atoms with van der Waals surface area (Å²) in [6, 6.07) is 21.9. The molecule has 0 radical (unpaired) electrons. The molecule has 1 aliphatic rings.